The number of ketones is 1. The summed E-state index contributed by atoms with van der Waals surface area (Å²) >= 11 is 0. The van der Waals surface area contributed by atoms with E-state index in [1.807, 2.05) is 25.8 Å². The molecule has 0 unspecified atom stereocenters. The standard InChI is InChI=1S/C14H22N4O3/c1-9(2)12-13(18(20)21)14(17(4)15-12)16(3)10-5-7-11(19)8-6-10/h9-10H,5-8H2,1-4H3. The molecule has 0 spiro atoms. The van der Waals surface area contributed by atoms with Crippen molar-refractivity contribution in [2.75, 3.05) is 11.9 Å². The maximum Gasteiger partial charge on any atom is 0.334 e. The average molecular weight is 294 g/mol. The smallest absolute Gasteiger partial charge is 0.334 e. The first-order valence-electron chi connectivity index (χ1n) is 7.28. The van der Waals surface area contributed by atoms with E-state index >= 15 is 0 Å². The molecule has 1 aromatic heterocycles. The molecule has 7 nitrogen and oxygen atoms in total. The zero-order valence-corrected chi connectivity index (χ0v) is 13.0. The Morgan fingerprint density at radius 3 is 2.43 bits per heavy atom. The summed E-state index contributed by atoms with van der Waals surface area (Å²) in [6, 6.07) is 0.150. The number of hydrogen-bond donors (Lipinski definition) is 0. The Morgan fingerprint density at radius 1 is 1.38 bits per heavy atom. The fourth-order valence-corrected chi connectivity index (χ4v) is 2.97. The fraction of sp³-hybridized carbons (Fsp3) is 0.714. The van der Waals surface area contributed by atoms with E-state index in [0.717, 1.165) is 12.8 Å². The largest absolute Gasteiger partial charge is 0.351 e. The van der Waals surface area contributed by atoms with Crippen molar-refractivity contribution >= 4 is 17.3 Å². The summed E-state index contributed by atoms with van der Waals surface area (Å²) in [5.41, 5.74) is 0.600. The van der Waals surface area contributed by atoms with Gasteiger partial charge in [-0.2, -0.15) is 5.10 Å². The molecule has 1 aliphatic carbocycles. The Labute approximate surface area is 124 Å². The molecule has 0 atom stereocenters. The lowest BCUT2D eigenvalue weighted by Gasteiger charge is -2.31. The molecule has 1 aromatic rings. The van der Waals surface area contributed by atoms with Crippen LogP contribution >= 0.6 is 0 Å². The number of carbonyl (C=O) groups is 1. The van der Waals surface area contributed by atoms with E-state index in [1.165, 1.54) is 0 Å². The van der Waals surface area contributed by atoms with Crippen LogP contribution < -0.4 is 4.90 Å². The predicted molar refractivity (Wildman–Crippen MR) is 79.6 cm³/mol. The molecule has 7 heteroatoms. The molecular formula is C14H22N4O3. The normalized spacial score (nSPS) is 16.5. The lowest BCUT2D eigenvalue weighted by atomic mass is 9.93. The molecule has 0 bridgehead atoms. The van der Waals surface area contributed by atoms with Gasteiger partial charge in [0.15, 0.2) is 0 Å². The van der Waals surface area contributed by atoms with E-state index in [-0.39, 0.29) is 28.4 Å². The Morgan fingerprint density at radius 2 is 1.95 bits per heavy atom. The third-order valence-electron chi connectivity index (χ3n) is 4.14. The van der Waals surface area contributed by atoms with Gasteiger partial charge >= 0.3 is 5.69 Å². The van der Waals surface area contributed by atoms with E-state index in [9.17, 15) is 14.9 Å². The van der Waals surface area contributed by atoms with Crippen LogP contribution in [0.2, 0.25) is 0 Å². The highest BCUT2D eigenvalue weighted by molar-refractivity contribution is 5.79. The second kappa shape index (κ2) is 5.83. The van der Waals surface area contributed by atoms with Crippen molar-refractivity contribution in [2.45, 2.75) is 51.5 Å². The molecular weight excluding hydrogens is 272 g/mol. The van der Waals surface area contributed by atoms with Gasteiger partial charge < -0.3 is 4.90 Å². The number of nitro groups is 1. The quantitative estimate of drug-likeness (QED) is 0.629. The SMILES string of the molecule is CC(C)c1nn(C)c(N(C)C2CCC(=O)CC2)c1[N+](=O)[O-]. The van der Waals surface area contributed by atoms with Gasteiger partial charge in [-0.1, -0.05) is 13.8 Å². The highest BCUT2D eigenvalue weighted by Crippen LogP contribution is 2.37. The summed E-state index contributed by atoms with van der Waals surface area (Å²) in [6.45, 7) is 3.80. The number of aromatic nitrogens is 2. The van der Waals surface area contributed by atoms with Crippen LogP contribution in [0.5, 0.6) is 0 Å². The van der Waals surface area contributed by atoms with Crippen LogP contribution in [0.1, 0.15) is 51.1 Å². The number of hydrogen-bond acceptors (Lipinski definition) is 5. The van der Waals surface area contributed by atoms with Crippen LogP contribution in [-0.4, -0.2) is 33.6 Å². The molecule has 21 heavy (non-hydrogen) atoms. The van der Waals surface area contributed by atoms with Gasteiger partial charge in [-0.3, -0.25) is 14.9 Å². The molecule has 0 amide bonds. The molecule has 0 aromatic carbocycles. The molecule has 1 saturated carbocycles. The summed E-state index contributed by atoms with van der Waals surface area (Å²) in [5.74, 6) is 0.803. The van der Waals surface area contributed by atoms with Crippen molar-refractivity contribution in [1.82, 2.24) is 9.78 Å². The maximum atomic E-state index is 11.5. The average Bonchev–Trinajstić information content (AvgIpc) is 2.76. The van der Waals surface area contributed by atoms with E-state index < -0.39 is 0 Å². The Hall–Kier alpha value is -1.92. The summed E-state index contributed by atoms with van der Waals surface area (Å²) in [6.07, 6.45) is 2.60. The topological polar surface area (TPSA) is 81.3 Å². The molecule has 116 valence electrons. The first-order chi connectivity index (χ1) is 9.82. The van der Waals surface area contributed by atoms with Gasteiger partial charge in [0.25, 0.3) is 0 Å². The number of aryl methyl sites for hydroxylation is 1. The van der Waals surface area contributed by atoms with E-state index in [4.69, 9.17) is 0 Å². The molecule has 0 aliphatic heterocycles. The van der Waals surface area contributed by atoms with Crippen molar-refractivity contribution < 1.29 is 9.72 Å². The number of rotatable bonds is 4. The van der Waals surface area contributed by atoms with Gasteiger partial charge in [0.05, 0.1) is 4.92 Å². The van der Waals surface area contributed by atoms with Crippen molar-refractivity contribution in [2.24, 2.45) is 7.05 Å². The van der Waals surface area contributed by atoms with Crippen LogP contribution in [0, 0.1) is 10.1 Å². The first-order valence-corrected chi connectivity index (χ1v) is 7.28. The summed E-state index contributed by atoms with van der Waals surface area (Å²) in [5, 5.41) is 15.8. The van der Waals surface area contributed by atoms with Crippen LogP contribution in [-0.2, 0) is 11.8 Å². The van der Waals surface area contributed by atoms with E-state index in [2.05, 4.69) is 5.10 Å². The second-order valence-electron chi connectivity index (χ2n) is 5.97. The van der Waals surface area contributed by atoms with E-state index in [1.54, 1.807) is 11.7 Å². The molecule has 1 aliphatic rings. The number of Topliss-reactive ketones (excluding diaryl/α,β-unsaturated/α-hetero) is 1. The monoisotopic (exact) mass is 294 g/mol. The third-order valence-corrected chi connectivity index (χ3v) is 4.14. The zero-order valence-electron chi connectivity index (χ0n) is 13.0. The summed E-state index contributed by atoms with van der Waals surface area (Å²) in [4.78, 5) is 24.4. The van der Waals surface area contributed by atoms with Crippen molar-refractivity contribution in [3.05, 3.63) is 15.8 Å². The highest BCUT2D eigenvalue weighted by Gasteiger charge is 2.34. The molecule has 2 rings (SSSR count). The highest BCUT2D eigenvalue weighted by atomic mass is 16.6. The molecule has 0 saturated heterocycles. The molecule has 0 radical (unpaired) electrons. The van der Waals surface area contributed by atoms with Crippen LogP contribution in [0.15, 0.2) is 0 Å². The fourth-order valence-electron chi connectivity index (χ4n) is 2.97. The minimum atomic E-state index is -0.345. The minimum absolute atomic E-state index is 0.00770. The Bertz CT molecular complexity index is 555. The van der Waals surface area contributed by atoms with Gasteiger partial charge in [0, 0.05) is 38.9 Å². The zero-order chi connectivity index (χ0) is 15.7. The van der Waals surface area contributed by atoms with Gasteiger partial charge in [-0.15, -0.1) is 0 Å². The summed E-state index contributed by atoms with van der Waals surface area (Å²) < 4.78 is 1.59. The number of anilines is 1. The van der Waals surface area contributed by atoms with Crippen molar-refractivity contribution in [3.8, 4) is 0 Å². The third kappa shape index (κ3) is 2.91. The van der Waals surface area contributed by atoms with Crippen LogP contribution in [0.25, 0.3) is 0 Å². The number of carbonyl (C=O) groups excluding carboxylic acids is 1. The Kier molecular flexibility index (Phi) is 4.29. The Balaban J connectivity index is 2.38. The van der Waals surface area contributed by atoms with Crippen LogP contribution in [0.3, 0.4) is 0 Å². The first kappa shape index (κ1) is 15.5. The second-order valence-corrected chi connectivity index (χ2v) is 5.97. The molecule has 1 fully saturated rings. The van der Waals surface area contributed by atoms with E-state index in [0.29, 0.717) is 24.4 Å². The van der Waals surface area contributed by atoms with Gasteiger partial charge in [-0.05, 0) is 12.8 Å². The maximum absolute atomic E-state index is 11.5. The molecule has 0 N–H and O–H groups in total. The van der Waals surface area contributed by atoms with Crippen LogP contribution in [0.4, 0.5) is 11.5 Å². The van der Waals surface area contributed by atoms with Gasteiger partial charge in [-0.25, -0.2) is 4.68 Å². The lowest BCUT2D eigenvalue weighted by molar-refractivity contribution is -0.385. The number of nitrogens with zero attached hydrogens (tertiary/aromatic N) is 4. The van der Waals surface area contributed by atoms with Crippen molar-refractivity contribution in [3.63, 3.8) is 0 Å². The van der Waals surface area contributed by atoms with Gasteiger partial charge in [0.1, 0.15) is 11.5 Å². The lowest BCUT2D eigenvalue weighted by Crippen LogP contribution is -2.36. The van der Waals surface area contributed by atoms with Crippen molar-refractivity contribution in [1.29, 1.82) is 0 Å². The summed E-state index contributed by atoms with van der Waals surface area (Å²) in [7, 11) is 3.59. The predicted octanol–water partition coefficient (Wildman–Crippen LogP) is 2.40. The minimum Gasteiger partial charge on any atom is -0.351 e. The molecule has 1 heterocycles. The van der Waals surface area contributed by atoms with Gasteiger partial charge in [0.2, 0.25) is 5.82 Å².